The number of piperazine rings is 1. The van der Waals surface area contributed by atoms with E-state index in [2.05, 4.69) is 20.6 Å². The summed E-state index contributed by atoms with van der Waals surface area (Å²) in [6.07, 6.45) is 0.535. The van der Waals surface area contributed by atoms with E-state index in [1.807, 2.05) is 48.5 Å². The SMILES string of the molecule is COc1ccccc1N1CCN(CCNS(=O)(=O)CCc2ccccc2)CC1. The molecule has 28 heavy (non-hydrogen) atoms. The number of methoxy groups -OCH3 is 1. The number of rotatable bonds is 9. The highest BCUT2D eigenvalue weighted by Crippen LogP contribution is 2.28. The molecule has 6 nitrogen and oxygen atoms in total. The van der Waals surface area contributed by atoms with Gasteiger partial charge in [-0.2, -0.15) is 0 Å². The van der Waals surface area contributed by atoms with Crippen LogP contribution in [0.5, 0.6) is 5.75 Å². The molecular weight excluding hydrogens is 374 g/mol. The van der Waals surface area contributed by atoms with Crippen molar-refractivity contribution in [2.45, 2.75) is 6.42 Å². The molecule has 2 aromatic rings. The van der Waals surface area contributed by atoms with Crippen molar-refractivity contribution < 1.29 is 13.2 Å². The molecule has 0 aromatic heterocycles. The third kappa shape index (κ3) is 5.95. The molecule has 0 amide bonds. The number of sulfonamides is 1. The molecule has 1 N–H and O–H groups in total. The lowest BCUT2D eigenvalue weighted by molar-refractivity contribution is 0.261. The summed E-state index contributed by atoms with van der Waals surface area (Å²) in [4.78, 5) is 4.62. The molecule has 0 radical (unpaired) electrons. The average molecular weight is 404 g/mol. The maximum absolute atomic E-state index is 12.2. The second kappa shape index (κ2) is 9.91. The van der Waals surface area contributed by atoms with Crippen LogP contribution in [0.3, 0.4) is 0 Å². The highest BCUT2D eigenvalue weighted by Gasteiger charge is 2.19. The monoisotopic (exact) mass is 403 g/mol. The Kier molecular flexibility index (Phi) is 7.30. The Hall–Kier alpha value is -2.09. The van der Waals surface area contributed by atoms with Gasteiger partial charge in [0.15, 0.2) is 0 Å². The van der Waals surface area contributed by atoms with E-state index in [1.165, 1.54) is 0 Å². The zero-order valence-electron chi connectivity index (χ0n) is 16.4. The van der Waals surface area contributed by atoms with Crippen LogP contribution in [0, 0.1) is 0 Å². The maximum Gasteiger partial charge on any atom is 0.211 e. The van der Waals surface area contributed by atoms with E-state index in [-0.39, 0.29) is 5.75 Å². The first kappa shape index (κ1) is 20.6. The van der Waals surface area contributed by atoms with Crippen molar-refractivity contribution >= 4 is 15.7 Å². The molecule has 0 atom stereocenters. The summed E-state index contributed by atoms with van der Waals surface area (Å²) in [6.45, 7) is 4.80. The molecule has 0 spiro atoms. The highest BCUT2D eigenvalue weighted by molar-refractivity contribution is 7.89. The number of hydrogen-bond acceptors (Lipinski definition) is 5. The number of anilines is 1. The largest absolute Gasteiger partial charge is 0.495 e. The lowest BCUT2D eigenvalue weighted by atomic mass is 10.2. The summed E-state index contributed by atoms with van der Waals surface area (Å²) in [5.41, 5.74) is 2.16. The van der Waals surface area contributed by atoms with E-state index < -0.39 is 10.0 Å². The van der Waals surface area contributed by atoms with Crippen molar-refractivity contribution in [1.29, 1.82) is 0 Å². The minimum atomic E-state index is -3.25. The van der Waals surface area contributed by atoms with Crippen molar-refractivity contribution in [2.24, 2.45) is 0 Å². The fraction of sp³-hybridized carbons (Fsp3) is 0.429. The number of para-hydroxylation sites is 2. The van der Waals surface area contributed by atoms with Gasteiger partial charge in [-0.05, 0) is 24.1 Å². The number of nitrogens with zero attached hydrogens (tertiary/aromatic N) is 2. The van der Waals surface area contributed by atoms with Gasteiger partial charge in [0, 0.05) is 39.3 Å². The lowest BCUT2D eigenvalue weighted by Gasteiger charge is -2.36. The van der Waals surface area contributed by atoms with E-state index in [9.17, 15) is 8.42 Å². The minimum Gasteiger partial charge on any atom is -0.495 e. The third-order valence-corrected chi connectivity index (χ3v) is 6.44. The average Bonchev–Trinajstić information content (AvgIpc) is 2.73. The number of benzene rings is 2. The van der Waals surface area contributed by atoms with Crippen LogP contribution in [0.1, 0.15) is 5.56 Å². The molecule has 7 heteroatoms. The highest BCUT2D eigenvalue weighted by atomic mass is 32.2. The van der Waals surface area contributed by atoms with Gasteiger partial charge >= 0.3 is 0 Å². The zero-order valence-corrected chi connectivity index (χ0v) is 17.2. The van der Waals surface area contributed by atoms with Crippen LogP contribution in [0.4, 0.5) is 5.69 Å². The van der Waals surface area contributed by atoms with Gasteiger partial charge in [-0.25, -0.2) is 13.1 Å². The predicted octanol–water partition coefficient (Wildman–Crippen LogP) is 1.98. The van der Waals surface area contributed by atoms with Gasteiger partial charge in [0.1, 0.15) is 5.75 Å². The van der Waals surface area contributed by atoms with Crippen LogP contribution in [0.2, 0.25) is 0 Å². The Labute approximate surface area is 168 Å². The Bertz CT molecular complexity index is 835. The summed E-state index contributed by atoms with van der Waals surface area (Å²) < 4.78 is 32.6. The van der Waals surface area contributed by atoms with E-state index in [1.54, 1.807) is 7.11 Å². The first-order valence-electron chi connectivity index (χ1n) is 9.69. The second-order valence-corrected chi connectivity index (χ2v) is 8.88. The molecule has 1 saturated heterocycles. The van der Waals surface area contributed by atoms with Crippen molar-refractivity contribution in [2.75, 3.05) is 57.0 Å². The molecule has 0 bridgehead atoms. The smallest absolute Gasteiger partial charge is 0.211 e. The van der Waals surface area contributed by atoms with Crippen molar-refractivity contribution in [3.05, 3.63) is 60.2 Å². The van der Waals surface area contributed by atoms with Crippen LogP contribution < -0.4 is 14.4 Å². The molecule has 3 rings (SSSR count). The summed E-state index contributed by atoms with van der Waals surface area (Å²) in [7, 11) is -1.55. The maximum atomic E-state index is 12.2. The summed E-state index contributed by atoms with van der Waals surface area (Å²) in [6, 6.07) is 17.8. The molecule has 1 fully saturated rings. The lowest BCUT2D eigenvalue weighted by Crippen LogP contribution is -2.48. The van der Waals surface area contributed by atoms with Crippen molar-refractivity contribution in [1.82, 2.24) is 9.62 Å². The summed E-state index contributed by atoms with van der Waals surface area (Å²) in [5.74, 6) is 1.01. The minimum absolute atomic E-state index is 0.124. The van der Waals surface area contributed by atoms with Crippen LogP contribution in [-0.2, 0) is 16.4 Å². The Morgan fingerprint density at radius 3 is 2.36 bits per heavy atom. The van der Waals surface area contributed by atoms with Crippen LogP contribution >= 0.6 is 0 Å². The first-order valence-corrected chi connectivity index (χ1v) is 11.3. The van der Waals surface area contributed by atoms with Gasteiger partial charge < -0.3 is 9.64 Å². The first-order chi connectivity index (χ1) is 13.6. The fourth-order valence-corrected chi connectivity index (χ4v) is 4.48. The van der Waals surface area contributed by atoms with Gasteiger partial charge in [-0.3, -0.25) is 4.90 Å². The summed E-state index contributed by atoms with van der Waals surface area (Å²) in [5, 5.41) is 0. The number of hydrogen-bond donors (Lipinski definition) is 1. The van der Waals surface area contributed by atoms with Crippen LogP contribution in [0.25, 0.3) is 0 Å². The normalized spacial score (nSPS) is 15.5. The third-order valence-electron chi connectivity index (χ3n) is 5.05. The standard InChI is InChI=1S/C21H29N3O3S/c1-27-21-10-6-5-9-20(21)24-16-14-23(15-17-24)13-12-22-28(25,26)18-11-19-7-3-2-4-8-19/h2-10,22H,11-18H2,1H3. The van der Waals surface area contributed by atoms with E-state index in [0.717, 1.165) is 49.7 Å². The molecule has 0 saturated carbocycles. The zero-order chi connectivity index (χ0) is 19.8. The molecular formula is C21H29N3O3S. The van der Waals surface area contributed by atoms with Crippen LogP contribution in [-0.4, -0.2) is 65.4 Å². The molecule has 0 unspecified atom stereocenters. The predicted molar refractivity (Wildman–Crippen MR) is 114 cm³/mol. The second-order valence-electron chi connectivity index (χ2n) is 6.95. The van der Waals surface area contributed by atoms with Gasteiger partial charge in [-0.1, -0.05) is 42.5 Å². The van der Waals surface area contributed by atoms with Crippen molar-refractivity contribution in [3.8, 4) is 5.75 Å². The molecule has 2 aromatic carbocycles. The number of aryl methyl sites for hydroxylation is 1. The van der Waals surface area contributed by atoms with Gasteiger partial charge in [0.25, 0.3) is 0 Å². The quantitative estimate of drug-likeness (QED) is 0.694. The van der Waals surface area contributed by atoms with Gasteiger partial charge in [0.05, 0.1) is 18.6 Å². The Morgan fingerprint density at radius 2 is 1.64 bits per heavy atom. The molecule has 1 aliphatic heterocycles. The number of nitrogens with one attached hydrogen (secondary N) is 1. The number of ether oxygens (including phenoxy) is 1. The fourth-order valence-electron chi connectivity index (χ4n) is 3.43. The Balaban J connectivity index is 1.39. The Morgan fingerprint density at radius 1 is 0.964 bits per heavy atom. The topological polar surface area (TPSA) is 61.9 Å². The molecule has 1 aliphatic rings. The molecule has 1 heterocycles. The van der Waals surface area contributed by atoms with Crippen LogP contribution in [0.15, 0.2) is 54.6 Å². The van der Waals surface area contributed by atoms with Crippen molar-refractivity contribution in [3.63, 3.8) is 0 Å². The van der Waals surface area contributed by atoms with Gasteiger partial charge in [-0.15, -0.1) is 0 Å². The summed E-state index contributed by atoms with van der Waals surface area (Å²) >= 11 is 0. The van der Waals surface area contributed by atoms with E-state index >= 15 is 0 Å². The molecule has 152 valence electrons. The molecule has 0 aliphatic carbocycles. The van der Waals surface area contributed by atoms with Gasteiger partial charge in [0.2, 0.25) is 10.0 Å². The van der Waals surface area contributed by atoms with E-state index in [4.69, 9.17) is 4.74 Å². The van der Waals surface area contributed by atoms with E-state index in [0.29, 0.717) is 13.0 Å².